The minimum Gasteiger partial charge on any atom is -0.348 e. The third-order valence-electron chi connectivity index (χ3n) is 4.38. The van der Waals surface area contributed by atoms with Gasteiger partial charge in [0.1, 0.15) is 6.17 Å². The molecule has 0 radical (unpaired) electrons. The first-order valence-electron chi connectivity index (χ1n) is 8.64. The van der Waals surface area contributed by atoms with Gasteiger partial charge in [0, 0.05) is 12.4 Å². The van der Waals surface area contributed by atoms with Crippen molar-refractivity contribution in [1.82, 2.24) is 25.9 Å². The number of benzene rings is 1. The van der Waals surface area contributed by atoms with Crippen LogP contribution in [0.3, 0.4) is 0 Å². The van der Waals surface area contributed by atoms with E-state index >= 15 is 0 Å². The smallest absolute Gasteiger partial charge is 0.348 e. The number of carbonyl (C=O) groups excluding carboxylic acids is 2. The topological polar surface area (TPSA) is 96.0 Å². The summed E-state index contributed by atoms with van der Waals surface area (Å²) >= 11 is 5.74. The second-order valence-corrected chi connectivity index (χ2v) is 6.91. The fraction of sp³-hybridized carbons (Fsp3) is 0.333. The lowest BCUT2D eigenvalue weighted by Gasteiger charge is -2.30. The Morgan fingerprint density at radius 2 is 2.00 bits per heavy atom. The summed E-state index contributed by atoms with van der Waals surface area (Å²) in [6.07, 6.45) is -2.37. The Labute approximate surface area is 169 Å². The van der Waals surface area contributed by atoms with Gasteiger partial charge in [-0.05, 0) is 30.7 Å². The highest BCUT2D eigenvalue weighted by molar-refractivity contribution is 6.31. The molecule has 2 unspecified atom stereocenters. The zero-order valence-corrected chi connectivity index (χ0v) is 15.9. The quantitative estimate of drug-likeness (QED) is 0.696. The fourth-order valence-electron chi connectivity index (χ4n) is 2.90. The molecular weight excluding hydrogens is 411 g/mol. The van der Waals surface area contributed by atoms with Gasteiger partial charge < -0.3 is 10.6 Å². The van der Waals surface area contributed by atoms with E-state index in [0.29, 0.717) is 11.4 Å². The molecule has 0 spiro atoms. The molecule has 0 aliphatic carbocycles. The van der Waals surface area contributed by atoms with E-state index < -0.39 is 40.9 Å². The van der Waals surface area contributed by atoms with E-state index in [0.717, 1.165) is 12.1 Å². The number of amides is 2. The molecule has 3 N–H and O–H groups in total. The molecule has 2 amide bonds. The molecule has 1 saturated heterocycles. The highest BCUT2D eigenvalue weighted by atomic mass is 35.5. The predicted molar refractivity (Wildman–Crippen MR) is 97.5 cm³/mol. The van der Waals surface area contributed by atoms with Crippen molar-refractivity contribution in [1.29, 1.82) is 0 Å². The SMILES string of the molecule is C[C@@H](NC(=O)C1CC(=O)NC(c2ncccn2)N1)c1ccc(C(F)(F)F)c(Cl)c1. The zero-order valence-electron chi connectivity index (χ0n) is 15.1. The van der Waals surface area contributed by atoms with Crippen molar-refractivity contribution in [3.63, 3.8) is 0 Å². The Kier molecular flexibility index (Phi) is 6.04. The summed E-state index contributed by atoms with van der Waals surface area (Å²) in [6.45, 7) is 1.61. The van der Waals surface area contributed by atoms with Gasteiger partial charge in [-0.1, -0.05) is 17.7 Å². The van der Waals surface area contributed by atoms with E-state index in [1.165, 1.54) is 18.5 Å². The second-order valence-electron chi connectivity index (χ2n) is 6.50. The maximum atomic E-state index is 12.8. The van der Waals surface area contributed by atoms with Crippen LogP contribution in [-0.4, -0.2) is 27.8 Å². The van der Waals surface area contributed by atoms with Crippen LogP contribution in [0.2, 0.25) is 5.02 Å². The summed E-state index contributed by atoms with van der Waals surface area (Å²) in [5.74, 6) is -0.531. The molecule has 11 heteroatoms. The molecule has 0 saturated carbocycles. The van der Waals surface area contributed by atoms with Crippen LogP contribution < -0.4 is 16.0 Å². The minimum absolute atomic E-state index is 0.102. The lowest BCUT2D eigenvalue weighted by atomic mass is 10.0. The Hall–Kier alpha value is -2.72. The highest BCUT2D eigenvalue weighted by Crippen LogP contribution is 2.35. The number of nitrogens with zero attached hydrogens (tertiary/aromatic N) is 2. The normalized spacial score (nSPS) is 20.7. The van der Waals surface area contributed by atoms with E-state index in [1.54, 1.807) is 13.0 Å². The van der Waals surface area contributed by atoms with Crippen molar-refractivity contribution in [2.75, 3.05) is 0 Å². The number of nitrogens with one attached hydrogen (secondary N) is 3. The number of aromatic nitrogens is 2. The van der Waals surface area contributed by atoms with Gasteiger partial charge in [-0.2, -0.15) is 13.2 Å². The number of hydrogen-bond donors (Lipinski definition) is 3. The number of alkyl halides is 3. The van der Waals surface area contributed by atoms with Crippen molar-refractivity contribution >= 4 is 23.4 Å². The standard InChI is InChI=1S/C18H17ClF3N5O2/c1-9(10-3-4-11(12(19)7-10)18(20,21)22)25-17(29)13-8-14(28)27-16(26-13)15-23-5-2-6-24-15/h2-7,9,13,16,26H,8H2,1H3,(H,25,29)(H,27,28)/t9-,13?,16?/m1/s1. The van der Waals surface area contributed by atoms with Crippen molar-refractivity contribution in [3.8, 4) is 0 Å². The molecule has 1 aliphatic heterocycles. The van der Waals surface area contributed by atoms with E-state index in [1.807, 2.05) is 0 Å². The Morgan fingerprint density at radius 1 is 1.31 bits per heavy atom. The van der Waals surface area contributed by atoms with Gasteiger partial charge in [0.15, 0.2) is 5.82 Å². The fourth-order valence-corrected chi connectivity index (χ4v) is 3.20. The van der Waals surface area contributed by atoms with Crippen LogP contribution in [0.25, 0.3) is 0 Å². The summed E-state index contributed by atoms with van der Waals surface area (Å²) in [5, 5.41) is 7.84. The van der Waals surface area contributed by atoms with Gasteiger partial charge in [0.05, 0.1) is 29.1 Å². The first-order chi connectivity index (χ1) is 13.6. The number of carbonyl (C=O) groups is 2. The van der Waals surface area contributed by atoms with Gasteiger partial charge >= 0.3 is 6.18 Å². The van der Waals surface area contributed by atoms with Crippen molar-refractivity contribution in [2.45, 2.75) is 37.8 Å². The molecule has 7 nitrogen and oxygen atoms in total. The summed E-state index contributed by atoms with van der Waals surface area (Å²) in [5.41, 5.74) is -0.544. The van der Waals surface area contributed by atoms with Crippen LogP contribution in [0, 0.1) is 0 Å². The number of halogens is 4. The maximum absolute atomic E-state index is 12.8. The number of hydrogen-bond acceptors (Lipinski definition) is 5. The second kappa shape index (κ2) is 8.34. The largest absolute Gasteiger partial charge is 0.417 e. The highest BCUT2D eigenvalue weighted by Gasteiger charge is 2.35. The molecule has 1 fully saturated rings. The molecule has 0 bridgehead atoms. The average Bonchev–Trinajstić information content (AvgIpc) is 2.67. The lowest BCUT2D eigenvalue weighted by Crippen LogP contribution is -2.56. The van der Waals surface area contributed by atoms with Crippen molar-refractivity contribution < 1.29 is 22.8 Å². The predicted octanol–water partition coefficient (Wildman–Crippen LogP) is 2.50. The van der Waals surface area contributed by atoms with Crippen LogP contribution in [0.4, 0.5) is 13.2 Å². The van der Waals surface area contributed by atoms with E-state index in [9.17, 15) is 22.8 Å². The summed E-state index contributed by atoms with van der Waals surface area (Å²) in [4.78, 5) is 32.7. The minimum atomic E-state index is -4.56. The Balaban J connectivity index is 1.69. The molecule has 1 aliphatic rings. The van der Waals surface area contributed by atoms with Crippen molar-refractivity contribution in [3.05, 3.63) is 58.6 Å². The molecule has 1 aromatic carbocycles. The number of rotatable bonds is 4. The van der Waals surface area contributed by atoms with Crippen LogP contribution in [0.1, 0.15) is 42.5 Å². The maximum Gasteiger partial charge on any atom is 0.417 e. The monoisotopic (exact) mass is 427 g/mol. The molecule has 2 heterocycles. The van der Waals surface area contributed by atoms with Crippen LogP contribution in [-0.2, 0) is 15.8 Å². The van der Waals surface area contributed by atoms with E-state index in [2.05, 4.69) is 25.9 Å². The summed E-state index contributed by atoms with van der Waals surface area (Å²) in [6, 6.07) is 3.42. The molecular formula is C18H17ClF3N5O2. The molecule has 2 aromatic rings. The van der Waals surface area contributed by atoms with Gasteiger partial charge in [-0.3, -0.25) is 14.9 Å². The van der Waals surface area contributed by atoms with Gasteiger partial charge in [0.2, 0.25) is 11.8 Å². The van der Waals surface area contributed by atoms with Crippen LogP contribution in [0.5, 0.6) is 0 Å². The van der Waals surface area contributed by atoms with E-state index in [4.69, 9.17) is 11.6 Å². The molecule has 3 rings (SSSR count). The Morgan fingerprint density at radius 3 is 2.62 bits per heavy atom. The average molecular weight is 428 g/mol. The van der Waals surface area contributed by atoms with Gasteiger partial charge in [-0.25, -0.2) is 9.97 Å². The molecule has 154 valence electrons. The Bertz CT molecular complexity index is 910. The van der Waals surface area contributed by atoms with Gasteiger partial charge in [-0.15, -0.1) is 0 Å². The third-order valence-corrected chi connectivity index (χ3v) is 4.69. The van der Waals surface area contributed by atoms with Crippen LogP contribution in [0.15, 0.2) is 36.7 Å². The first-order valence-corrected chi connectivity index (χ1v) is 9.02. The molecule has 29 heavy (non-hydrogen) atoms. The summed E-state index contributed by atoms with van der Waals surface area (Å²) < 4.78 is 38.5. The molecule has 1 aromatic heterocycles. The lowest BCUT2D eigenvalue weighted by molar-refractivity contribution is -0.137. The third kappa shape index (κ3) is 5.01. The summed E-state index contributed by atoms with van der Waals surface area (Å²) in [7, 11) is 0. The zero-order chi connectivity index (χ0) is 21.2. The van der Waals surface area contributed by atoms with Crippen molar-refractivity contribution in [2.24, 2.45) is 0 Å². The first kappa shape index (κ1) is 21.0. The van der Waals surface area contributed by atoms with E-state index in [-0.39, 0.29) is 12.3 Å². The van der Waals surface area contributed by atoms with Gasteiger partial charge in [0.25, 0.3) is 0 Å². The van der Waals surface area contributed by atoms with Crippen LogP contribution >= 0.6 is 11.6 Å². The molecule has 3 atom stereocenters.